The first-order chi connectivity index (χ1) is 7.43. The zero-order valence-electron chi connectivity index (χ0n) is 10.2. The molecule has 0 bridgehead atoms. The van der Waals surface area contributed by atoms with E-state index in [1.165, 1.54) is 0 Å². The van der Waals surface area contributed by atoms with Gasteiger partial charge in [-0.1, -0.05) is 0 Å². The van der Waals surface area contributed by atoms with Gasteiger partial charge in [-0.3, -0.25) is 0 Å². The van der Waals surface area contributed by atoms with Crippen molar-refractivity contribution in [1.29, 1.82) is 0 Å². The SMILES string of the molecule is CCOC(C)(C)CNc1cc(C)nc(Cl)n1. The maximum atomic E-state index is 5.77. The van der Waals surface area contributed by atoms with Gasteiger partial charge < -0.3 is 10.1 Å². The fourth-order valence-corrected chi connectivity index (χ4v) is 1.59. The summed E-state index contributed by atoms with van der Waals surface area (Å²) in [6.45, 7) is 9.28. The van der Waals surface area contributed by atoms with Crippen LogP contribution < -0.4 is 5.32 Å². The Morgan fingerprint density at radius 1 is 1.44 bits per heavy atom. The molecule has 0 amide bonds. The summed E-state index contributed by atoms with van der Waals surface area (Å²) in [5.41, 5.74) is 0.622. The first-order valence-corrected chi connectivity index (χ1v) is 5.70. The Labute approximate surface area is 101 Å². The zero-order valence-corrected chi connectivity index (χ0v) is 10.9. The largest absolute Gasteiger partial charge is 0.374 e. The van der Waals surface area contributed by atoms with Crippen molar-refractivity contribution in [2.45, 2.75) is 33.3 Å². The van der Waals surface area contributed by atoms with Crippen LogP contribution >= 0.6 is 11.6 Å². The standard InChI is InChI=1S/C11H18ClN3O/c1-5-16-11(3,4)7-13-9-6-8(2)14-10(12)15-9/h6H,5,7H2,1-4H3,(H,13,14,15). The van der Waals surface area contributed by atoms with Crippen LogP contribution in [-0.4, -0.2) is 28.7 Å². The quantitative estimate of drug-likeness (QED) is 0.808. The molecule has 16 heavy (non-hydrogen) atoms. The van der Waals surface area contributed by atoms with Crippen molar-refractivity contribution in [3.63, 3.8) is 0 Å². The van der Waals surface area contributed by atoms with Gasteiger partial charge in [0.2, 0.25) is 5.28 Å². The maximum Gasteiger partial charge on any atom is 0.224 e. The lowest BCUT2D eigenvalue weighted by Crippen LogP contribution is -2.33. The highest BCUT2D eigenvalue weighted by atomic mass is 35.5. The minimum atomic E-state index is -0.222. The first kappa shape index (κ1) is 13.2. The third kappa shape index (κ3) is 4.33. The van der Waals surface area contributed by atoms with E-state index < -0.39 is 0 Å². The fraction of sp³-hybridized carbons (Fsp3) is 0.636. The minimum Gasteiger partial charge on any atom is -0.374 e. The van der Waals surface area contributed by atoms with Gasteiger partial charge in [0.25, 0.3) is 0 Å². The highest BCUT2D eigenvalue weighted by molar-refractivity contribution is 6.28. The number of nitrogens with one attached hydrogen (secondary N) is 1. The third-order valence-corrected chi connectivity index (χ3v) is 2.23. The molecule has 1 heterocycles. The molecule has 0 fully saturated rings. The number of aromatic nitrogens is 2. The Hall–Kier alpha value is -0.870. The van der Waals surface area contributed by atoms with Crippen LogP contribution in [0.4, 0.5) is 5.82 Å². The number of rotatable bonds is 5. The molecule has 5 heteroatoms. The van der Waals surface area contributed by atoms with E-state index in [1.54, 1.807) is 0 Å². The minimum absolute atomic E-state index is 0.222. The Morgan fingerprint density at radius 3 is 2.69 bits per heavy atom. The van der Waals surface area contributed by atoms with E-state index in [2.05, 4.69) is 15.3 Å². The van der Waals surface area contributed by atoms with E-state index in [-0.39, 0.29) is 10.9 Å². The predicted octanol–water partition coefficient (Wildman–Crippen LogP) is 2.67. The summed E-state index contributed by atoms with van der Waals surface area (Å²) in [5, 5.41) is 3.45. The van der Waals surface area contributed by atoms with Gasteiger partial charge in [-0.05, 0) is 39.3 Å². The van der Waals surface area contributed by atoms with E-state index in [1.807, 2.05) is 33.8 Å². The van der Waals surface area contributed by atoms with Crippen LogP contribution in [-0.2, 0) is 4.74 Å². The van der Waals surface area contributed by atoms with E-state index in [0.29, 0.717) is 13.2 Å². The second-order valence-corrected chi connectivity index (χ2v) is 4.55. The zero-order chi connectivity index (χ0) is 12.2. The molecule has 0 atom stereocenters. The van der Waals surface area contributed by atoms with Gasteiger partial charge in [-0.2, -0.15) is 0 Å². The van der Waals surface area contributed by atoms with Crippen LogP contribution in [0.5, 0.6) is 0 Å². The summed E-state index contributed by atoms with van der Waals surface area (Å²) in [4.78, 5) is 8.08. The fourth-order valence-electron chi connectivity index (χ4n) is 1.37. The smallest absolute Gasteiger partial charge is 0.224 e. The van der Waals surface area contributed by atoms with Gasteiger partial charge in [0.1, 0.15) is 5.82 Å². The summed E-state index contributed by atoms with van der Waals surface area (Å²) in [5.74, 6) is 0.727. The molecule has 1 rings (SSSR count). The van der Waals surface area contributed by atoms with Crippen LogP contribution in [0, 0.1) is 6.92 Å². The van der Waals surface area contributed by atoms with E-state index in [0.717, 1.165) is 11.5 Å². The third-order valence-electron chi connectivity index (χ3n) is 2.06. The molecule has 0 unspecified atom stereocenters. The molecule has 0 saturated heterocycles. The molecule has 0 aliphatic heterocycles. The Morgan fingerprint density at radius 2 is 2.12 bits per heavy atom. The highest BCUT2D eigenvalue weighted by Crippen LogP contribution is 2.13. The van der Waals surface area contributed by atoms with E-state index in [4.69, 9.17) is 16.3 Å². The van der Waals surface area contributed by atoms with Gasteiger partial charge in [0.15, 0.2) is 0 Å². The van der Waals surface area contributed by atoms with Crippen molar-refractivity contribution in [3.05, 3.63) is 17.0 Å². The van der Waals surface area contributed by atoms with Crippen molar-refractivity contribution < 1.29 is 4.74 Å². The normalized spacial score (nSPS) is 11.6. The lowest BCUT2D eigenvalue weighted by molar-refractivity contribution is 0.000639. The number of halogens is 1. The van der Waals surface area contributed by atoms with Gasteiger partial charge in [0.05, 0.1) is 5.60 Å². The number of nitrogens with zero attached hydrogens (tertiary/aromatic N) is 2. The van der Waals surface area contributed by atoms with Crippen LogP contribution in [0.2, 0.25) is 5.28 Å². The number of hydrogen-bond acceptors (Lipinski definition) is 4. The Balaban J connectivity index is 2.60. The summed E-state index contributed by atoms with van der Waals surface area (Å²) < 4.78 is 5.57. The summed E-state index contributed by atoms with van der Waals surface area (Å²) in [7, 11) is 0. The molecule has 0 spiro atoms. The predicted molar refractivity (Wildman–Crippen MR) is 66.0 cm³/mol. The molecule has 0 radical (unpaired) electrons. The summed E-state index contributed by atoms with van der Waals surface area (Å²) >= 11 is 5.77. The van der Waals surface area contributed by atoms with Gasteiger partial charge in [0, 0.05) is 24.9 Å². The Kier molecular flexibility index (Phi) is 4.50. The molecule has 1 N–H and O–H groups in total. The second-order valence-electron chi connectivity index (χ2n) is 4.21. The number of hydrogen-bond donors (Lipinski definition) is 1. The van der Waals surface area contributed by atoms with Gasteiger partial charge in [-0.25, -0.2) is 9.97 Å². The molecule has 1 aromatic rings. The van der Waals surface area contributed by atoms with Crippen LogP contribution in [0.3, 0.4) is 0 Å². The average molecular weight is 244 g/mol. The monoisotopic (exact) mass is 243 g/mol. The topological polar surface area (TPSA) is 47.0 Å². The number of anilines is 1. The number of aryl methyl sites for hydroxylation is 1. The number of ether oxygens (including phenoxy) is 1. The first-order valence-electron chi connectivity index (χ1n) is 5.32. The molecular weight excluding hydrogens is 226 g/mol. The maximum absolute atomic E-state index is 5.77. The van der Waals surface area contributed by atoms with Crippen molar-refractivity contribution >= 4 is 17.4 Å². The average Bonchev–Trinajstić information content (AvgIpc) is 2.13. The molecule has 4 nitrogen and oxygen atoms in total. The molecular formula is C11H18ClN3O. The molecule has 0 aliphatic rings. The Bertz CT molecular complexity index is 335. The van der Waals surface area contributed by atoms with Gasteiger partial charge >= 0.3 is 0 Å². The second kappa shape index (κ2) is 5.46. The molecule has 1 aromatic heterocycles. The van der Waals surface area contributed by atoms with Crippen molar-refractivity contribution in [3.8, 4) is 0 Å². The van der Waals surface area contributed by atoms with E-state index in [9.17, 15) is 0 Å². The molecule has 0 aromatic carbocycles. The van der Waals surface area contributed by atoms with Crippen LogP contribution in [0.15, 0.2) is 6.07 Å². The van der Waals surface area contributed by atoms with Crippen LogP contribution in [0.25, 0.3) is 0 Å². The highest BCUT2D eigenvalue weighted by Gasteiger charge is 2.17. The lowest BCUT2D eigenvalue weighted by atomic mass is 10.1. The van der Waals surface area contributed by atoms with Crippen molar-refractivity contribution in [1.82, 2.24) is 9.97 Å². The molecule has 0 aliphatic carbocycles. The van der Waals surface area contributed by atoms with Gasteiger partial charge in [-0.15, -0.1) is 0 Å². The van der Waals surface area contributed by atoms with Crippen molar-refractivity contribution in [2.75, 3.05) is 18.5 Å². The lowest BCUT2D eigenvalue weighted by Gasteiger charge is -2.25. The summed E-state index contributed by atoms with van der Waals surface area (Å²) in [6, 6.07) is 1.86. The van der Waals surface area contributed by atoms with Crippen LogP contribution in [0.1, 0.15) is 26.5 Å². The van der Waals surface area contributed by atoms with E-state index >= 15 is 0 Å². The molecule has 0 saturated carbocycles. The molecule has 90 valence electrons. The van der Waals surface area contributed by atoms with Crippen molar-refractivity contribution in [2.24, 2.45) is 0 Å². The summed E-state index contributed by atoms with van der Waals surface area (Å²) in [6.07, 6.45) is 0.